The van der Waals surface area contributed by atoms with E-state index in [0.717, 1.165) is 26.1 Å². The zero-order valence-corrected chi connectivity index (χ0v) is 6.93. The van der Waals surface area contributed by atoms with Crippen LogP contribution in [-0.2, 0) is 9.47 Å². The van der Waals surface area contributed by atoms with E-state index in [1.54, 1.807) is 0 Å². The minimum absolute atomic E-state index is 0. The molecule has 11 heavy (non-hydrogen) atoms. The van der Waals surface area contributed by atoms with Crippen molar-refractivity contribution in [1.82, 2.24) is 0 Å². The summed E-state index contributed by atoms with van der Waals surface area (Å²) < 4.78 is 10.4. The van der Waals surface area contributed by atoms with Crippen molar-refractivity contribution >= 4 is 0 Å². The molecule has 3 heteroatoms. The van der Waals surface area contributed by atoms with Gasteiger partial charge < -0.3 is 21.8 Å². The van der Waals surface area contributed by atoms with Gasteiger partial charge in [-0.05, 0) is 19.3 Å². The number of hydrogen-bond donors (Lipinski definition) is 0. The number of unbranched alkanes of at least 4 members (excludes halogenated alkanes) is 1. The van der Waals surface area contributed by atoms with Crippen molar-refractivity contribution in [3.8, 4) is 5.92 Å². The summed E-state index contributed by atoms with van der Waals surface area (Å²) in [6.07, 6.45) is 9.18. The van der Waals surface area contributed by atoms with Crippen molar-refractivity contribution in [3.05, 3.63) is 6.42 Å². The fourth-order valence-electron chi connectivity index (χ4n) is 0.931. The summed E-state index contributed by atoms with van der Waals surface area (Å²) in [5.74, 6) is 2.33. The molecule has 0 radical (unpaired) electrons. The Hall–Kier alpha value is 0.0774. The smallest absolute Gasteiger partial charge is 0.694 e. The molecule has 1 saturated heterocycles. The van der Waals surface area contributed by atoms with Crippen molar-refractivity contribution in [1.29, 1.82) is 0 Å². The molecule has 2 nitrogen and oxygen atoms in total. The molecule has 0 spiro atoms. The van der Waals surface area contributed by atoms with E-state index >= 15 is 0 Å². The zero-order chi connectivity index (χ0) is 7.23. The minimum atomic E-state index is -0.00616. The third-order valence-corrected chi connectivity index (χ3v) is 1.43. The molecule has 1 rings (SSSR count). The Bertz CT molecular complexity index is 125. The van der Waals surface area contributed by atoms with Gasteiger partial charge in [0.25, 0.3) is 0 Å². The molecule has 1 aliphatic heterocycles. The van der Waals surface area contributed by atoms with Crippen molar-refractivity contribution in [2.24, 2.45) is 0 Å². The summed E-state index contributed by atoms with van der Waals surface area (Å²) in [5, 5.41) is 0. The first-order valence-corrected chi connectivity index (χ1v) is 3.56. The van der Waals surface area contributed by atoms with Crippen LogP contribution in [0.5, 0.6) is 0 Å². The van der Waals surface area contributed by atoms with Gasteiger partial charge >= 0.3 is 18.9 Å². The first-order chi connectivity index (χ1) is 4.93. The molecule has 0 bridgehead atoms. The maximum Gasteiger partial charge on any atom is 1.00 e. The second kappa shape index (κ2) is 6.77. The van der Waals surface area contributed by atoms with Gasteiger partial charge in [0.2, 0.25) is 0 Å². The maximum absolute atomic E-state index is 6.65. The van der Waals surface area contributed by atoms with E-state index in [4.69, 9.17) is 15.9 Å². The van der Waals surface area contributed by atoms with E-state index in [9.17, 15) is 0 Å². The second-order valence-electron chi connectivity index (χ2n) is 2.24. The van der Waals surface area contributed by atoms with Gasteiger partial charge in [-0.25, -0.2) is 0 Å². The average Bonchev–Trinajstić information content (AvgIpc) is 2.41. The van der Waals surface area contributed by atoms with Crippen molar-refractivity contribution in [3.63, 3.8) is 0 Å². The van der Waals surface area contributed by atoms with Gasteiger partial charge in [-0.15, -0.1) is 0 Å². The first-order valence-electron chi connectivity index (χ1n) is 3.56. The molecule has 56 valence electrons. The summed E-state index contributed by atoms with van der Waals surface area (Å²) in [5.41, 5.74) is 0. The molecule has 0 aliphatic carbocycles. The van der Waals surface area contributed by atoms with Crippen LogP contribution in [0.15, 0.2) is 0 Å². The topological polar surface area (TPSA) is 18.5 Å². The Morgan fingerprint density at radius 3 is 2.55 bits per heavy atom. The molecule has 1 fully saturated rings. The molecule has 0 saturated carbocycles. The molecule has 0 aromatic rings. The van der Waals surface area contributed by atoms with Crippen LogP contribution in [0.1, 0.15) is 19.3 Å². The summed E-state index contributed by atoms with van der Waals surface area (Å²) in [7, 11) is 0. The summed E-state index contributed by atoms with van der Waals surface area (Å²) in [6.45, 7) is 1.44. The van der Waals surface area contributed by atoms with Crippen LogP contribution in [-0.4, -0.2) is 19.5 Å². The first kappa shape index (κ1) is 11.1. The maximum atomic E-state index is 6.65. The standard InChI is InChI=1S/C8H11O2.Li/c1-2-3-4-5-8-9-6-7-10-8;/h8H,3-7H2;/q-1;+1. The quantitative estimate of drug-likeness (QED) is 0.201. The van der Waals surface area contributed by atoms with Gasteiger partial charge in [0.1, 0.15) is 0 Å². The SMILES string of the molecule is [C-]#CCCCC1OCCO1.[Li+]. The Labute approximate surface area is 79.8 Å². The van der Waals surface area contributed by atoms with Crippen LogP contribution < -0.4 is 18.9 Å². The summed E-state index contributed by atoms with van der Waals surface area (Å²) in [4.78, 5) is 0. The largest absolute Gasteiger partial charge is 1.00 e. The van der Waals surface area contributed by atoms with Crippen LogP contribution in [0.4, 0.5) is 0 Å². The molecule has 0 unspecified atom stereocenters. The van der Waals surface area contributed by atoms with Gasteiger partial charge in [-0.2, -0.15) is 0 Å². The van der Waals surface area contributed by atoms with Crippen molar-refractivity contribution in [2.45, 2.75) is 25.6 Å². The molecule has 1 heterocycles. The Kier molecular flexibility index (Phi) is 6.81. The minimum Gasteiger partial charge on any atom is -0.694 e. The number of hydrogen-bond acceptors (Lipinski definition) is 2. The van der Waals surface area contributed by atoms with E-state index in [-0.39, 0.29) is 25.2 Å². The summed E-state index contributed by atoms with van der Waals surface area (Å²) >= 11 is 0. The average molecular weight is 146 g/mol. The predicted molar refractivity (Wildman–Crippen MR) is 36.7 cm³/mol. The van der Waals surface area contributed by atoms with E-state index in [2.05, 4.69) is 5.92 Å². The molecule has 0 atom stereocenters. The van der Waals surface area contributed by atoms with Crippen molar-refractivity contribution < 1.29 is 28.3 Å². The molecular formula is C8H11LiO2. The molecule has 0 aromatic carbocycles. The number of rotatable bonds is 3. The van der Waals surface area contributed by atoms with Crippen LogP contribution in [0.25, 0.3) is 0 Å². The van der Waals surface area contributed by atoms with Gasteiger partial charge in [0.15, 0.2) is 6.29 Å². The monoisotopic (exact) mass is 146 g/mol. The van der Waals surface area contributed by atoms with Gasteiger partial charge in [-0.3, -0.25) is 0 Å². The van der Waals surface area contributed by atoms with Gasteiger partial charge in [0.05, 0.1) is 13.2 Å². The fourth-order valence-corrected chi connectivity index (χ4v) is 0.931. The van der Waals surface area contributed by atoms with E-state index < -0.39 is 0 Å². The van der Waals surface area contributed by atoms with E-state index in [1.807, 2.05) is 0 Å². The third-order valence-electron chi connectivity index (χ3n) is 1.43. The summed E-state index contributed by atoms with van der Waals surface area (Å²) in [6, 6.07) is 0. The van der Waals surface area contributed by atoms with Crippen LogP contribution in [0.2, 0.25) is 0 Å². The van der Waals surface area contributed by atoms with Gasteiger partial charge in [0, 0.05) is 0 Å². The Balaban J connectivity index is 0.000001000. The molecule has 1 aliphatic rings. The number of ether oxygens (including phenoxy) is 2. The molecular weight excluding hydrogens is 135 g/mol. The third kappa shape index (κ3) is 4.51. The Morgan fingerprint density at radius 1 is 1.36 bits per heavy atom. The van der Waals surface area contributed by atoms with Crippen molar-refractivity contribution in [2.75, 3.05) is 13.2 Å². The molecule has 0 N–H and O–H groups in total. The fraction of sp³-hybridized carbons (Fsp3) is 0.750. The zero-order valence-electron chi connectivity index (χ0n) is 6.93. The van der Waals surface area contributed by atoms with E-state index in [0.29, 0.717) is 6.42 Å². The molecule has 0 aromatic heterocycles. The van der Waals surface area contributed by atoms with Crippen LogP contribution in [0.3, 0.4) is 0 Å². The molecule has 0 amide bonds. The normalized spacial score (nSPS) is 17.4. The second-order valence-corrected chi connectivity index (χ2v) is 2.24. The predicted octanol–water partition coefficient (Wildman–Crippen LogP) is -1.88. The van der Waals surface area contributed by atoms with Crippen LogP contribution >= 0.6 is 0 Å². The Morgan fingerprint density at radius 2 is 2.00 bits per heavy atom. The van der Waals surface area contributed by atoms with Crippen LogP contribution in [0, 0.1) is 12.3 Å². The van der Waals surface area contributed by atoms with Gasteiger partial charge in [-0.1, -0.05) is 0 Å². The van der Waals surface area contributed by atoms with E-state index in [1.165, 1.54) is 0 Å².